The molecule has 2 nitrogen and oxygen atoms in total. The van der Waals surface area contributed by atoms with E-state index in [-0.39, 0.29) is 66.9 Å². The molecule has 14 heavy (non-hydrogen) atoms. The molecule has 0 aliphatic rings. The number of nitrogens with zero attached hydrogens (tertiary/aromatic N) is 1. The Bertz CT molecular complexity index is 332. The molecule has 0 saturated heterocycles. The van der Waals surface area contributed by atoms with Crippen molar-refractivity contribution in [3.05, 3.63) is 30.1 Å². The van der Waals surface area contributed by atoms with Gasteiger partial charge in [-0.1, -0.05) is 12.1 Å². The van der Waals surface area contributed by atoms with E-state index in [0.29, 0.717) is 0 Å². The number of aromatic nitrogens is 2. The van der Waals surface area contributed by atoms with E-state index in [9.17, 15) is 0 Å². The van der Waals surface area contributed by atoms with Crippen LogP contribution in [0.3, 0.4) is 0 Å². The Morgan fingerprint density at radius 1 is 1.07 bits per heavy atom. The van der Waals surface area contributed by atoms with Gasteiger partial charge in [0.1, 0.15) is 5.82 Å². The van der Waals surface area contributed by atoms with Gasteiger partial charge in [-0.2, -0.15) is 0 Å². The van der Waals surface area contributed by atoms with Crippen LogP contribution in [0.1, 0.15) is 5.82 Å². The van der Waals surface area contributed by atoms with Crippen molar-refractivity contribution in [3.8, 4) is 0 Å². The second kappa shape index (κ2) is 8.92. The summed E-state index contributed by atoms with van der Waals surface area (Å²) in [4.78, 5) is 7.40. The Balaban J connectivity index is -0.000000302. The summed E-state index contributed by atoms with van der Waals surface area (Å²) in [6, 6.07) is 8.01. The topological polar surface area (TPSA) is 28.7 Å². The summed E-state index contributed by atoms with van der Waals surface area (Å²) in [7, 11) is 0. The molecule has 0 saturated carbocycles. The summed E-state index contributed by atoms with van der Waals surface area (Å²) in [5, 5.41) is 0. The number of imidazole rings is 1. The number of hydrogen-bond donors (Lipinski definition) is 1. The molecule has 6 heteroatoms. The van der Waals surface area contributed by atoms with Crippen LogP contribution in [0.25, 0.3) is 11.0 Å². The van der Waals surface area contributed by atoms with Crippen LogP contribution in [-0.2, 0) is 42.1 Å². The third-order valence-corrected chi connectivity index (χ3v) is 1.51. The molecule has 0 aliphatic carbocycles. The molecular formula is C8H8Cl2N2Pt2+2. The summed E-state index contributed by atoms with van der Waals surface area (Å²) in [6.45, 7) is 1.96. The maximum absolute atomic E-state index is 4.26. The average molecular weight is 593 g/mol. The van der Waals surface area contributed by atoms with Crippen LogP contribution in [0, 0.1) is 6.92 Å². The maximum atomic E-state index is 4.26. The maximum Gasteiger partial charge on any atom is 2.00 e. The summed E-state index contributed by atoms with van der Waals surface area (Å²) in [5.74, 6) is 0.973. The van der Waals surface area contributed by atoms with Crippen molar-refractivity contribution in [2.24, 2.45) is 0 Å². The molecular weight excluding hydrogens is 585 g/mol. The molecule has 0 amide bonds. The van der Waals surface area contributed by atoms with Crippen LogP contribution in [-0.4, -0.2) is 9.97 Å². The number of aryl methyl sites for hydroxylation is 1. The summed E-state index contributed by atoms with van der Waals surface area (Å²) < 4.78 is 0. The van der Waals surface area contributed by atoms with E-state index in [1.54, 1.807) is 0 Å². The standard InChI is InChI=1S/C8H8N2.2ClH.2Pt/c1-6-9-7-4-2-3-5-8(7)10-6;;;;/h2-5H,1H3,(H,9,10);2*1H;;/q;;;2*+2/p-2. The van der Waals surface area contributed by atoms with E-state index in [2.05, 4.69) is 9.97 Å². The van der Waals surface area contributed by atoms with Crippen LogP contribution in [0.4, 0.5) is 0 Å². The Morgan fingerprint density at radius 3 is 2.21 bits per heavy atom. The number of H-pyrrole nitrogens is 1. The molecule has 1 heterocycles. The normalized spacial score (nSPS) is 7.50. The number of rotatable bonds is 0. The van der Waals surface area contributed by atoms with Crippen LogP contribution in [0.5, 0.6) is 0 Å². The van der Waals surface area contributed by atoms with Gasteiger partial charge >= 0.3 is 42.1 Å². The molecule has 0 spiro atoms. The van der Waals surface area contributed by atoms with Crippen LogP contribution >= 0.6 is 0 Å². The van der Waals surface area contributed by atoms with Crippen molar-refractivity contribution in [2.75, 3.05) is 0 Å². The van der Waals surface area contributed by atoms with Crippen molar-refractivity contribution in [1.29, 1.82) is 0 Å². The fraction of sp³-hybridized carbons (Fsp3) is 0.125. The minimum atomic E-state index is 0. The van der Waals surface area contributed by atoms with Gasteiger partial charge in [0.2, 0.25) is 0 Å². The second-order valence-corrected chi connectivity index (χ2v) is 2.34. The Morgan fingerprint density at radius 2 is 1.64 bits per heavy atom. The van der Waals surface area contributed by atoms with Gasteiger partial charge in [0, 0.05) is 0 Å². The Kier molecular flexibility index (Phi) is 12.8. The van der Waals surface area contributed by atoms with E-state index in [4.69, 9.17) is 0 Å². The summed E-state index contributed by atoms with van der Waals surface area (Å²) in [5.41, 5.74) is 2.15. The molecule has 0 fully saturated rings. The van der Waals surface area contributed by atoms with Gasteiger partial charge in [-0.3, -0.25) is 0 Å². The Labute approximate surface area is 124 Å². The number of para-hydroxylation sites is 2. The molecule has 1 aromatic carbocycles. The molecule has 2 rings (SSSR count). The quantitative estimate of drug-likeness (QED) is 0.331. The fourth-order valence-corrected chi connectivity index (χ4v) is 1.08. The predicted octanol–water partition coefficient (Wildman–Crippen LogP) is -4.13. The molecule has 0 atom stereocenters. The first-order valence-electron chi connectivity index (χ1n) is 3.27. The molecule has 1 aromatic heterocycles. The zero-order valence-electron chi connectivity index (χ0n) is 7.14. The van der Waals surface area contributed by atoms with Gasteiger partial charge in [-0.25, -0.2) is 4.98 Å². The van der Waals surface area contributed by atoms with Crippen molar-refractivity contribution in [2.45, 2.75) is 6.92 Å². The third-order valence-electron chi connectivity index (χ3n) is 1.51. The molecule has 0 unspecified atom stereocenters. The van der Waals surface area contributed by atoms with Crippen molar-refractivity contribution in [3.63, 3.8) is 0 Å². The van der Waals surface area contributed by atoms with Gasteiger partial charge in [-0.15, -0.1) is 0 Å². The first kappa shape index (κ1) is 20.1. The van der Waals surface area contributed by atoms with Gasteiger partial charge in [0.05, 0.1) is 11.0 Å². The average Bonchev–Trinajstić information content (AvgIpc) is 2.27. The van der Waals surface area contributed by atoms with Gasteiger partial charge in [0.25, 0.3) is 0 Å². The molecule has 82 valence electrons. The minimum absolute atomic E-state index is 0. The zero-order valence-corrected chi connectivity index (χ0v) is 13.2. The number of aromatic amines is 1. The van der Waals surface area contributed by atoms with Crippen LogP contribution in [0.15, 0.2) is 24.3 Å². The predicted molar refractivity (Wildman–Crippen MR) is 40.8 cm³/mol. The SMILES string of the molecule is Cc1nc2ccccc2[nH]1.[Cl-].[Cl-].[Pt+2].[Pt+2]. The number of halogens is 2. The smallest absolute Gasteiger partial charge is 1.00 e. The number of benzene rings is 1. The summed E-state index contributed by atoms with van der Waals surface area (Å²) >= 11 is 0. The molecule has 0 aliphatic heterocycles. The largest absolute Gasteiger partial charge is 2.00 e. The molecule has 1 N–H and O–H groups in total. The fourth-order valence-electron chi connectivity index (χ4n) is 1.08. The Hall–Kier alpha value is 0.647. The molecule has 2 aromatic rings. The van der Waals surface area contributed by atoms with Gasteiger partial charge < -0.3 is 29.8 Å². The van der Waals surface area contributed by atoms with Crippen LogP contribution in [0.2, 0.25) is 0 Å². The zero-order chi connectivity index (χ0) is 6.97. The van der Waals surface area contributed by atoms with E-state index >= 15 is 0 Å². The number of nitrogens with one attached hydrogen (secondary N) is 1. The van der Waals surface area contributed by atoms with Crippen LogP contribution < -0.4 is 24.8 Å². The number of fused-ring (bicyclic) bond motifs is 1. The van der Waals surface area contributed by atoms with Gasteiger partial charge in [-0.05, 0) is 19.1 Å². The van der Waals surface area contributed by atoms with E-state index in [0.717, 1.165) is 16.9 Å². The van der Waals surface area contributed by atoms with E-state index in [1.807, 2.05) is 31.2 Å². The van der Waals surface area contributed by atoms with Crippen molar-refractivity contribution < 1.29 is 66.9 Å². The van der Waals surface area contributed by atoms with Gasteiger partial charge in [0.15, 0.2) is 0 Å². The van der Waals surface area contributed by atoms with Crippen molar-refractivity contribution in [1.82, 2.24) is 9.97 Å². The van der Waals surface area contributed by atoms with E-state index in [1.165, 1.54) is 0 Å². The van der Waals surface area contributed by atoms with Crippen molar-refractivity contribution >= 4 is 11.0 Å². The molecule has 0 radical (unpaired) electrons. The summed E-state index contributed by atoms with van der Waals surface area (Å²) in [6.07, 6.45) is 0. The monoisotopic (exact) mass is 592 g/mol. The minimum Gasteiger partial charge on any atom is -1.00 e. The number of hydrogen-bond acceptors (Lipinski definition) is 1. The molecule has 0 bridgehead atoms. The van der Waals surface area contributed by atoms with E-state index < -0.39 is 0 Å². The second-order valence-electron chi connectivity index (χ2n) is 2.34. The third kappa shape index (κ3) is 4.44. The first-order chi connectivity index (χ1) is 4.86. The first-order valence-corrected chi connectivity index (χ1v) is 3.27.